The van der Waals surface area contributed by atoms with Crippen molar-refractivity contribution in [1.82, 2.24) is 9.97 Å². The zero-order valence-electron chi connectivity index (χ0n) is 18.1. The van der Waals surface area contributed by atoms with Crippen molar-refractivity contribution in [2.24, 2.45) is 0 Å². The van der Waals surface area contributed by atoms with E-state index in [1.54, 1.807) is 19.1 Å². The molecule has 12 heteroatoms. The van der Waals surface area contributed by atoms with Crippen LogP contribution in [0.4, 0.5) is 32.0 Å². The van der Waals surface area contributed by atoms with Crippen molar-refractivity contribution in [1.29, 1.82) is 0 Å². The topological polar surface area (TPSA) is 51.8 Å². The van der Waals surface area contributed by atoms with Crippen LogP contribution in [0.15, 0.2) is 48.5 Å². The number of alkyl halides is 6. The molecule has 2 heterocycles. The number of nitrogens with zero attached hydrogens (tertiary/aromatic N) is 2. The normalized spacial score (nSPS) is 11.3. The first-order valence-electron chi connectivity index (χ1n) is 9.14. The Morgan fingerprint density at radius 1 is 0.706 bits per heavy atom. The monoisotopic (exact) mass is 729 g/mol. The molecule has 0 amide bonds. The van der Waals surface area contributed by atoms with E-state index in [9.17, 15) is 26.3 Å². The van der Waals surface area contributed by atoms with Crippen LogP contribution in [-0.4, -0.2) is 9.97 Å². The Labute approximate surface area is 264 Å². The molecule has 176 valence electrons. The van der Waals surface area contributed by atoms with Crippen LogP contribution >= 0.6 is 22.6 Å². The predicted octanol–water partition coefficient (Wildman–Crippen LogP) is 1.32. The van der Waals surface area contributed by atoms with Gasteiger partial charge in [-0.05, 0) is 72.8 Å². The van der Waals surface area contributed by atoms with Gasteiger partial charge in [0.2, 0.25) is 0 Å². The van der Waals surface area contributed by atoms with Crippen molar-refractivity contribution >= 4 is 50.1 Å². The molecule has 0 aliphatic carbocycles. The molecule has 0 spiro atoms. The number of fused-ring (bicyclic) bond motifs is 2. The van der Waals surface area contributed by atoms with Gasteiger partial charge in [0, 0.05) is 31.4 Å². The summed E-state index contributed by atoms with van der Waals surface area (Å²) in [6.45, 7) is 3.09. The number of hydrogen-bond acceptors (Lipinski definition) is 3. The first-order chi connectivity index (χ1) is 14.8. The molecule has 3 nitrogen and oxygen atoms in total. The molecule has 0 saturated heterocycles. The second kappa shape index (κ2) is 12.3. The van der Waals surface area contributed by atoms with Crippen molar-refractivity contribution in [2.75, 3.05) is 5.73 Å². The Hall–Kier alpha value is -0.264. The molecule has 0 aliphatic heterocycles. The van der Waals surface area contributed by atoms with Gasteiger partial charge in [-0.1, -0.05) is 12.1 Å². The summed E-state index contributed by atoms with van der Waals surface area (Å²) in [5.74, 6) is 0. The van der Waals surface area contributed by atoms with Crippen LogP contribution < -0.4 is 81.1 Å². The maximum Gasteiger partial charge on any atom is 1.00 e. The van der Waals surface area contributed by atoms with Crippen LogP contribution in [0.5, 0.6) is 0 Å². The minimum Gasteiger partial charge on any atom is -1.00 e. The largest absolute Gasteiger partial charge is 1.00 e. The predicted molar refractivity (Wildman–Crippen MR) is 120 cm³/mol. The third-order valence-corrected chi connectivity index (χ3v) is 5.14. The van der Waals surface area contributed by atoms with Crippen LogP contribution in [0.2, 0.25) is 0 Å². The number of halogens is 8. The van der Waals surface area contributed by atoms with Gasteiger partial charge < -0.3 is 29.7 Å². The second-order valence-electron chi connectivity index (χ2n) is 7.06. The second-order valence-corrected chi connectivity index (χ2v) is 8.30. The number of nitrogens with two attached hydrogens (primary N) is 1. The van der Waals surface area contributed by atoms with Crippen molar-refractivity contribution < 1.29 is 102 Å². The summed E-state index contributed by atoms with van der Waals surface area (Å²) in [6.07, 6.45) is -8.71. The van der Waals surface area contributed by atoms with E-state index in [2.05, 4.69) is 32.6 Å². The Morgan fingerprint density at radius 3 is 1.56 bits per heavy atom. The third-order valence-electron chi connectivity index (χ3n) is 4.47. The molecule has 2 aromatic carbocycles. The molecule has 34 heavy (non-hydrogen) atoms. The number of aryl methyl sites for hydroxylation is 2. The molecule has 0 atom stereocenters. The van der Waals surface area contributed by atoms with Crippen LogP contribution in [0, 0.1) is 17.4 Å². The van der Waals surface area contributed by atoms with E-state index in [4.69, 9.17) is 5.73 Å². The van der Waals surface area contributed by atoms with Crippen LogP contribution in [0.3, 0.4) is 0 Å². The van der Waals surface area contributed by atoms with Crippen LogP contribution in [0.1, 0.15) is 22.5 Å². The van der Waals surface area contributed by atoms with Gasteiger partial charge in [0.25, 0.3) is 0 Å². The van der Waals surface area contributed by atoms with E-state index < -0.39 is 23.5 Å². The molecule has 2 N–H and O–H groups in total. The summed E-state index contributed by atoms with van der Waals surface area (Å²) in [4.78, 5) is 8.14. The van der Waals surface area contributed by atoms with Gasteiger partial charge in [-0.2, -0.15) is 26.3 Å². The molecule has 4 aromatic rings. The van der Waals surface area contributed by atoms with E-state index in [-0.39, 0.29) is 91.7 Å². The molecule has 0 bridgehead atoms. The fourth-order valence-corrected chi connectivity index (χ4v) is 3.66. The maximum atomic E-state index is 12.8. The maximum absolute atomic E-state index is 12.8. The number of nitrogen functional groups attached to an aromatic ring is 1. The van der Waals surface area contributed by atoms with Gasteiger partial charge in [-0.25, -0.2) is 0 Å². The number of pyridine rings is 2. The van der Waals surface area contributed by atoms with Crippen molar-refractivity contribution in [2.45, 2.75) is 26.2 Å². The Balaban J connectivity index is 0.000000321. The molecule has 0 radical (unpaired) electrons. The Kier molecular flexibility index (Phi) is 11.5. The summed E-state index contributed by atoms with van der Waals surface area (Å²) in [5.41, 5.74) is 5.98. The number of aromatic nitrogens is 2. The summed E-state index contributed by atoms with van der Waals surface area (Å²) < 4.78 is 77.4. The van der Waals surface area contributed by atoms with Gasteiger partial charge in [-0.15, -0.1) is 0 Å². The Morgan fingerprint density at radius 2 is 1.12 bits per heavy atom. The minimum absolute atomic E-state index is 0. The van der Waals surface area contributed by atoms with Gasteiger partial charge in [-0.3, -0.25) is 9.97 Å². The van der Waals surface area contributed by atoms with Crippen molar-refractivity contribution in [3.05, 3.63) is 74.6 Å². The third kappa shape index (κ3) is 7.87. The van der Waals surface area contributed by atoms with Gasteiger partial charge in [0.1, 0.15) is 0 Å². The first kappa shape index (κ1) is 31.8. The molecular weight excluding hydrogens is 713 g/mol. The summed E-state index contributed by atoms with van der Waals surface area (Å²) in [7, 11) is 0. The van der Waals surface area contributed by atoms with Gasteiger partial charge in [0.15, 0.2) is 0 Å². The summed E-state index contributed by atoms with van der Waals surface area (Å²) in [5, 5.41) is 0.228. The smallest absolute Gasteiger partial charge is 1.00 e. The number of rotatable bonds is 0. The van der Waals surface area contributed by atoms with Gasteiger partial charge in [0.05, 0.1) is 22.2 Å². The quantitative estimate of drug-likeness (QED) is 0.129. The fraction of sp³-hybridized carbons (Fsp3) is 0.182. The average molecular weight is 729 g/mol. The molecule has 2 aromatic heterocycles. The van der Waals surface area contributed by atoms with E-state index in [0.29, 0.717) is 22.6 Å². The van der Waals surface area contributed by atoms with E-state index >= 15 is 0 Å². The Bertz CT molecular complexity index is 1200. The van der Waals surface area contributed by atoms with Crippen LogP contribution in [0.25, 0.3) is 21.8 Å². The SMILES string of the molecule is Cc1cc(C(F)(F)F)c2ccc(I)cc2n1.Cc1cc(C(F)(F)F)c2ccc(N)cc2n1.[I-].[K+]. The number of anilines is 1. The van der Waals surface area contributed by atoms with E-state index in [1.165, 1.54) is 31.2 Å². The molecule has 0 fully saturated rings. The van der Waals surface area contributed by atoms with Crippen molar-refractivity contribution in [3.8, 4) is 0 Å². The standard InChI is InChI=1S/C11H7F3IN.C11H9F3N2.HI.K/c2*1-6-4-9(11(12,13)14)8-3-2-7(15)5-10(8)16-6;;/h2-5H,1H3;2-5H,15H2,1H3;1H;/q;;;+1/p-1. The molecule has 0 unspecified atom stereocenters. The van der Waals surface area contributed by atoms with E-state index in [1.807, 2.05) is 0 Å². The summed E-state index contributed by atoms with van der Waals surface area (Å²) in [6, 6.07) is 11.1. The fourth-order valence-electron chi connectivity index (χ4n) is 3.18. The van der Waals surface area contributed by atoms with Gasteiger partial charge >= 0.3 is 63.7 Å². The zero-order valence-corrected chi connectivity index (χ0v) is 25.6. The number of hydrogen-bond donors (Lipinski definition) is 1. The molecule has 0 saturated carbocycles. The minimum atomic E-state index is -4.37. The van der Waals surface area contributed by atoms with Crippen molar-refractivity contribution in [3.63, 3.8) is 0 Å². The first-order valence-corrected chi connectivity index (χ1v) is 10.2. The van der Waals surface area contributed by atoms with Crippen LogP contribution in [-0.2, 0) is 12.4 Å². The number of benzene rings is 2. The zero-order chi connectivity index (χ0) is 23.8. The average Bonchev–Trinajstić information content (AvgIpc) is 2.65. The molecular formula is C22H16F6I2KN3. The summed E-state index contributed by atoms with van der Waals surface area (Å²) >= 11 is 2.05. The van der Waals surface area contributed by atoms with E-state index in [0.717, 1.165) is 15.7 Å². The molecule has 0 aliphatic rings. The molecule has 4 rings (SSSR count).